The van der Waals surface area contributed by atoms with Crippen LogP contribution < -0.4 is 4.90 Å². The van der Waals surface area contributed by atoms with Crippen molar-refractivity contribution in [2.24, 2.45) is 0 Å². The van der Waals surface area contributed by atoms with Crippen LogP contribution in [0, 0.1) is 6.92 Å². The summed E-state index contributed by atoms with van der Waals surface area (Å²) in [5, 5.41) is 12.2. The van der Waals surface area contributed by atoms with Crippen molar-refractivity contribution < 1.29 is 4.52 Å². The first-order valence-corrected chi connectivity index (χ1v) is 7.37. The Labute approximate surface area is 124 Å². The summed E-state index contributed by atoms with van der Waals surface area (Å²) in [6.07, 6.45) is 4.11. The first-order chi connectivity index (χ1) is 10.2. The smallest absolute Gasteiger partial charge is 0.151 e. The number of nitrogens with zero attached hydrogens (tertiary/aromatic N) is 5. The quantitative estimate of drug-likeness (QED) is 0.837. The van der Waals surface area contributed by atoms with Crippen LogP contribution in [0.15, 0.2) is 28.9 Å². The Morgan fingerprint density at radius 2 is 2.38 bits per heavy atom. The summed E-state index contributed by atoms with van der Waals surface area (Å²) in [5.41, 5.74) is 0.931. The van der Waals surface area contributed by atoms with Crippen molar-refractivity contribution in [2.45, 2.75) is 32.4 Å². The Morgan fingerprint density at radius 3 is 3.10 bits per heavy atom. The van der Waals surface area contributed by atoms with Gasteiger partial charge in [0.05, 0.1) is 12.2 Å². The van der Waals surface area contributed by atoms with Crippen LogP contribution in [0.4, 0.5) is 5.82 Å². The fraction of sp³-hybridized carbons (Fsp3) is 0.533. The average Bonchev–Trinajstić information content (AvgIpc) is 3.09. The number of aromatic nitrogens is 3. The number of hydrogen-bond acceptors (Lipinski definition) is 6. The van der Waals surface area contributed by atoms with Crippen molar-refractivity contribution in [3.8, 4) is 0 Å². The van der Waals surface area contributed by atoms with E-state index in [1.807, 2.05) is 25.1 Å². The van der Waals surface area contributed by atoms with Crippen molar-refractivity contribution in [1.29, 1.82) is 0 Å². The number of hydrogen-bond donors (Lipinski definition) is 0. The maximum absolute atomic E-state index is 5.28. The molecular weight excluding hydrogens is 266 g/mol. The summed E-state index contributed by atoms with van der Waals surface area (Å²) in [6.45, 7) is 4.76. The van der Waals surface area contributed by atoms with Gasteiger partial charge in [-0.1, -0.05) is 5.16 Å². The Balaban J connectivity index is 1.61. The predicted octanol–water partition coefficient (Wildman–Crippen LogP) is 1.87. The minimum atomic E-state index is 0.482. The molecule has 3 rings (SSSR count). The molecule has 0 amide bonds. The molecule has 1 aliphatic rings. The molecule has 0 bridgehead atoms. The minimum Gasteiger partial charge on any atom is -0.360 e. The molecule has 3 heterocycles. The highest BCUT2D eigenvalue weighted by atomic mass is 16.5. The third kappa shape index (κ3) is 3.39. The molecule has 2 aromatic heterocycles. The Kier molecular flexibility index (Phi) is 4.15. The van der Waals surface area contributed by atoms with Crippen LogP contribution in [-0.4, -0.2) is 46.4 Å². The molecule has 112 valence electrons. The third-order valence-electron chi connectivity index (χ3n) is 3.85. The van der Waals surface area contributed by atoms with Gasteiger partial charge in [0.25, 0.3) is 0 Å². The molecule has 1 fully saturated rings. The van der Waals surface area contributed by atoms with Gasteiger partial charge in [-0.15, -0.1) is 5.10 Å². The maximum atomic E-state index is 5.28. The Hall–Kier alpha value is -1.95. The second-order valence-corrected chi connectivity index (χ2v) is 5.70. The van der Waals surface area contributed by atoms with Gasteiger partial charge in [-0.05, 0) is 38.9 Å². The lowest BCUT2D eigenvalue weighted by Gasteiger charge is -2.28. The molecule has 6 heteroatoms. The van der Waals surface area contributed by atoms with Gasteiger partial charge in [0.15, 0.2) is 11.6 Å². The van der Waals surface area contributed by atoms with E-state index < -0.39 is 0 Å². The minimum absolute atomic E-state index is 0.482. The van der Waals surface area contributed by atoms with E-state index in [2.05, 4.69) is 32.2 Å². The zero-order chi connectivity index (χ0) is 14.7. The number of aryl methyl sites for hydroxylation is 1. The Bertz CT molecular complexity index is 570. The lowest BCUT2D eigenvalue weighted by molar-refractivity contribution is 0.259. The summed E-state index contributed by atoms with van der Waals surface area (Å²) >= 11 is 0. The largest absolute Gasteiger partial charge is 0.360 e. The predicted molar refractivity (Wildman–Crippen MR) is 80.0 cm³/mol. The standard InChI is InChI=1S/C15H21N5O/c1-12-9-14(21-18-12)11-19(2)10-13-5-4-8-20(13)15-6-3-7-16-17-15/h3,6-7,9,13H,4-5,8,10-11H2,1-2H3/t13-/m0/s1. The first kappa shape index (κ1) is 14.0. The lowest BCUT2D eigenvalue weighted by atomic mass is 10.2. The van der Waals surface area contributed by atoms with Gasteiger partial charge in [0, 0.05) is 31.4 Å². The van der Waals surface area contributed by atoms with E-state index in [4.69, 9.17) is 4.52 Å². The zero-order valence-electron chi connectivity index (χ0n) is 12.6. The topological polar surface area (TPSA) is 58.3 Å². The van der Waals surface area contributed by atoms with Crippen molar-refractivity contribution in [3.05, 3.63) is 35.9 Å². The Morgan fingerprint density at radius 1 is 1.48 bits per heavy atom. The fourth-order valence-electron chi connectivity index (χ4n) is 2.95. The summed E-state index contributed by atoms with van der Waals surface area (Å²) in [7, 11) is 2.12. The van der Waals surface area contributed by atoms with Crippen LogP contribution in [0.2, 0.25) is 0 Å². The van der Waals surface area contributed by atoms with Gasteiger partial charge in [-0.25, -0.2) is 0 Å². The monoisotopic (exact) mass is 287 g/mol. The van der Waals surface area contributed by atoms with Gasteiger partial charge in [-0.3, -0.25) is 4.90 Å². The molecule has 0 aliphatic carbocycles. The van der Waals surface area contributed by atoms with Crippen molar-refractivity contribution >= 4 is 5.82 Å². The molecule has 0 radical (unpaired) electrons. The third-order valence-corrected chi connectivity index (χ3v) is 3.85. The van der Waals surface area contributed by atoms with E-state index in [1.54, 1.807) is 6.20 Å². The molecule has 21 heavy (non-hydrogen) atoms. The molecule has 1 saturated heterocycles. The lowest BCUT2D eigenvalue weighted by Crippen LogP contribution is -2.39. The number of rotatable bonds is 5. The van der Waals surface area contributed by atoms with Gasteiger partial charge < -0.3 is 9.42 Å². The maximum Gasteiger partial charge on any atom is 0.151 e. The van der Waals surface area contributed by atoms with E-state index in [1.165, 1.54) is 12.8 Å². The number of anilines is 1. The van der Waals surface area contributed by atoms with Gasteiger partial charge in [-0.2, -0.15) is 5.10 Å². The molecular formula is C15H21N5O. The van der Waals surface area contributed by atoms with Crippen LogP contribution in [0.1, 0.15) is 24.3 Å². The van der Waals surface area contributed by atoms with E-state index in [9.17, 15) is 0 Å². The molecule has 0 saturated carbocycles. The SMILES string of the molecule is Cc1cc(CN(C)C[C@@H]2CCCN2c2cccnn2)on1. The average molecular weight is 287 g/mol. The molecule has 2 aromatic rings. The van der Waals surface area contributed by atoms with Gasteiger partial charge >= 0.3 is 0 Å². The second kappa shape index (κ2) is 6.22. The van der Waals surface area contributed by atoms with Crippen LogP contribution >= 0.6 is 0 Å². The zero-order valence-corrected chi connectivity index (χ0v) is 12.6. The van der Waals surface area contributed by atoms with Crippen molar-refractivity contribution in [2.75, 3.05) is 25.0 Å². The molecule has 6 nitrogen and oxygen atoms in total. The van der Waals surface area contributed by atoms with Crippen LogP contribution in [-0.2, 0) is 6.54 Å². The van der Waals surface area contributed by atoms with E-state index in [-0.39, 0.29) is 0 Å². The normalized spacial score (nSPS) is 18.6. The highest BCUT2D eigenvalue weighted by Crippen LogP contribution is 2.23. The summed E-state index contributed by atoms with van der Waals surface area (Å²) < 4.78 is 5.28. The molecule has 1 atom stereocenters. The summed E-state index contributed by atoms with van der Waals surface area (Å²) in [4.78, 5) is 4.63. The summed E-state index contributed by atoms with van der Waals surface area (Å²) in [6, 6.07) is 6.45. The second-order valence-electron chi connectivity index (χ2n) is 5.70. The molecule has 0 spiro atoms. The van der Waals surface area contributed by atoms with E-state index in [0.29, 0.717) is 6.04 Å². The van der Waals surface area contributed by atoms with Gasteiger partial charge in [0.2, 0.25) is 0 Å². The van der Waals surface area contributed by atoms with Crippen molar-refractivity contribution in [1.82, 2.24) is 20.3 Å². The van der Waals surface area contributed by atoms with E-state index in [0.717, 1.165) is 36.9 Å². The first-order valence-electron chi connectivity index (χ1n) is 7.37. The molecule has 0 unspecified atom stereocenters. The highest BCUT2D eigenvalue weighted by molar-refractivity contribution is 5.39. The van der Waals surface area contributed by atoms with Crippen molar-refractivity contribution in [3.63, 3.8) is 0 Å². The fourth-order valence-corrected chi connectivity index (χ4v) is 2.95. The van der Waals surface area contributed by atoms with E-state index >= 15 is 0 Å². The number of likely N-dealkylation sites (N-methyl/N-ethyl adjacent to an activating group) is 1. The van der Waals surface area contributed by atoms with Crippen LogP contribution in [0.3, 0.4) is 0 Å². The van der Waals surface area contributed by atoms with Gasteiger partial charge in [0.1, 0.15) is 0 Å². The molecule has 0 N–H and O–H groups in total. The molecule has 0 aromatic carbocycles. The molecule has 1 aliphatic heterocycles. The van der Waals surface area contributed by atoms with Crippen LogP contribution in [0.5, 0.6) is 0 Å². The highest BCUT2D eigenvalue weighted by Gasteiger charge is 2.27. The summed E-state index contributed by atoms with van der Waals surface area (Å²) in [5.74, 6) is 1.89. The van der Waals surface area contributed by atoms with Crippen LogP contribution in [0.25, 0.3) is 0 Å².